The molecule has 7 heteroatoms. The molecule has 0 spiro atoms. The summed E-state index contributed by atoms with van der Waals surface area (Å²) in [5.41, 5.74) is 13.1. The molecule has 0 saturated heterocycles. The second-order valence-corrected chi connectivity index (χ2v) is 15.9. The van der Waals surface area contributed by atoms with Crippen molar-refractivity contribution in [3.8, 4) is 22.6 Å². The third-order valence-corrected chi connectivity index (χ3v) is 12.3. The topological polar surface area (TPSA) is 72.4 Å². The van der Waals surface area contributed by atoms with Crippen LogP contribution in [0.4, 0.5) is 0 Å². The third-order valence-electron chi connectivity index (χ3n) is 12.3. The van der Waals surface area contributed by atoms with Crippen LogP contribution in [0.3, 0.4) is 0 Å². The number of amidine groups is 2. The van der Waals surface area contributed by atoms with Crippen molar-refractivity contribution in [3.63, 3.8) is 0 Å². The highest BCUT2D eigenvalue weighted by atomic mass is 15.2. The van der Waals surface area contributed by atoms with Crippen molar-refractivity contribution in [2.75, 3.05) is 0 Å². The van der Waals surface area contributed by atoms with E-state index in [2.05, 4.69) is 156 Å². The lowest BCUT2D eigenvalue weighted by Gasteiger charge is -2.23. The summed E-state index contributed by atoms with van der Waals surface area (Å²) in [6, 6.07) is 57.7. The van der Waals surface area contributed by atoms with E-state index in [1.54, 1.807) is 0 Å². The summed E-state index contributed by atoms with van der Waals surface area (Å²) in [5.74, 6) is 2.14. The van der Waals surface area contributed by atoms with Crippen LogP contribution < -0.4 is 5.32 Å². The summed E-state index contributed by atoms with van der Waals surface area (Å²) in [7, 11) is 0. The molecule has 7 nitrogen and oxygen atoms in total. The number of nitrogens with zero attached hydrogens (tertiary/aromatic N) is 6. The lowest BCUT2D eigenvalue weighted by Crippen LogP contribution is -2.34. The molecule has 1 aliphatic carbocycles. The average molecular weight is 760 g/mol. The molecule has 1 N–H and O–H groups in total. The maximum Gasteiger partial charge on any atom is 0.159 e. The van der Waals surface area contributed by atoms with E-state index in [0.717, 1.165) is 61.2 Å². The summed E-state index contributed by atoms with van der Waals surface area (Å²) in [4.78, 5) is 20.9. The average Bonchev–Trinajstić information content (AvgIpc) is 3.89. The molecule has 1 atom stereocenters. The number of pyridine rings is 2. The van der Waals surface area contributed by atoms with Gasteiger partial charge < -0.3 is 9.88 Å². The van der Waals surface area contributed by atoms with Gasteiger partial charge in [-0.15, -0.1) is 0 Å². The lowest BCUT2D eigenvalue weighted by molar-refractivity contribution is 0.661. The first-order chi connectivity index (χ1) is 29.0. The number of aromatic nitrogens is 4. The Balaban J connectivity index is 1.18. The van der Waals surface area contributed by atoms with Gasteiger partial charge >= 0.3 is 0 Å². The summed E-state index contributed by atoms with van der Waals surface area (Å²) in [5, 5.41) is 8.05. The largest absolute Gasteiger partial charge is 0.343 e. The maximum absolute atomic E-state index is 5.33. The van der Waals surface area contributed by atoms with E-state index in [1.807, 2.05) is 48.8 Å². The second-order valence-electron chi connectivity index (χ2n) is 15.9. The summed E-state index contributed by atoms with van der Waals surface area (Å²) >= 11 is 0. The van der Waals surface area contributed by atoms with Crippen LogP contribution in [-0.4, -0.2) is 30.8 Å². The van der Waals surface area contributed by atoms with E-state index in [-0.39, 0.29) is 11.6 Å². The number of hydrogen-bond donors (Lipinski definition) is 1. The molecule has 4 aromatic heterocycles. The third kappa shape index (κ3) is 4.94. The second kappa shape index (κ2) is 12.7. The first kappa shape index (κ1) is 33.5. The number of fused-ring (bicyclic) bond motifs is 9. The van der Waals surface area contributed by atoms with Gasteiger partial charge in [0.05, 0.1) is 27.5 Å². The Kier molecular flexibility index (Phi) is 7.20. The predicted molar refractivity (Wildman–Crippen MR) is 240 cm³/mol. The molecule has 0 saturated carbocycles. The Hall–Kier alpha value is -7.64. The molecule has 0 fully saturated rings. The van der Waals surface area contributed by atoms with Crippen LogP contribution in [0.2, 0.25) is 0 Å². The van der Waals surface area contributed by atoms with Crippen LogP contribution in [-0.2, 0) is 5.41 Å². The van der Waals surface area contributed by atoms with Crippen molar-refractivity contribution in [3.05, 3.63) is 204 Å². The van der Waals surface area contributed by atoms with E-state index >= 15 is 0 Å². The zero-order valence-corrected chi connectivity index (χ0v) is 32.5. The number of aliphatic imine (C=N–C) groups is 2. The highest BCUT2D eigenvalue weighted by Gasteiger charge is 2.36. The van der Waals surface area contributed by atoms with Gasteiger partial charge in [-0.25, -0.2) is 15.0 Å². The van der Waals surface area contributed by atoms with Gasteiger partial charge in [-0.3, -0.25) is 9.55 Å². The minimum absolute atomic E-state index is 0.167. The van der Waals surface area contributed by atoms with Crippen molar-refractivity contribution >= 4 is 55.3 Å². The van der Waals surface area contributed by atoms with Crippen molar-refractivity contribution in [1.29, 1.82) is 0 Å². The minimum atomic E-state index is -0.372. The standard InChI is InChI=1S/C52H37N7/c1-52(2)39-24-14-12-22-35(39)37-30-38-36-23-13-15-25-41(36)59(44(38)31-40(37)52)51-46-43(27-29-54-51)58(34-20-10-5-11-21-34)42-26-28-53-47(45(42)46)50-56-48(32-16-6-3-7-17-32)55-49(57-50)33-18-8-4-9-19-33/h3-31,48H,1-2H3,(H,55,56,57). The molecule has 0 radical (unpaired) electrons. The van der Waals surface area contributed by atoms with Gasteiger partial charge in [-0.05, 0) is 70.3 Å². The van der Waals surface area contributed by atoms with Crippen LogP contribution in [0.5, 0.6) is 0 Å². The molecule has 10 aromatic rings. The van der Waals surface area contributed by atoms with Crippen LogP contribution in [0, 0.1) is 0 Å². The molecule has 280 valence electrons. The van der Waals surface area contributed by atoms with E-state index < -0.39 is 0 Å². The number of hydrogen-bond acceptors (Lipinski definition) is 5. The Morgan fingerprint density at radius 1 is 0.542 bits per heavy atom. The zero-order chi connectivity index (χ0) is 39.2. The van der Waals surface area contributed by atoms with Gasteiger partial charge in [-0.1, -0.05) is 135 Å². The highest BCUT2D eigenvalue weighted by Crippen LogP contribution is 2.51. The molecule has 59 heavy (non-hydrogen) atoms. The SMILES string of the molecule is CC1(C)c2ccccc2-c2cc3c4ccccc4n(-c4nccc5c4c4c(C6=NC(c7ccccc7)=NC(c7ccccc7)N6)nccc4n5-c4ccccc4)c3cc21. The molecule has 1 unspecified atom stereocenters. The van der Waals surface area contributed by atoms with Crippen LogP contribution in [0.25, 0.3) is 66.2 Å². The van der Waals surface area contributed by atoms with E-state index in [0.29, 0.717) is 11.7 Å². The summed E-state index contributed by atoms with van der Waals surface area (Å²) in [6.07, 6.45) is 3.46. The molecule has 0 bridgehead atoms. The van der Waals surface area contributed by atoms with Gasteiger partial charge in [0, 0.05) is 45.2 Å². The van der Waals surface area contributed by atoms with Crippen molar-refractivity contribution in [1.82, 2.24) is 24.4 Å². The maximum atomic E-state index is 5.33. The van der Waals surface area contributed by atoms with Crippen LogP contribution in [0.1, 0.15) is 48.0 Å². The number of para-hydroxylation sites is 2. The van der Waals surface area contributed by atoms with E-state index in [4.69, 9.17) is 20.0 Å². The fourth-order valence-corrected chi connectivity index (χ4v) is 9.57. The number of rotatable bonds is 5. The monoisotopic (exact) mass is 759 g/mol. The quantitative estimate of drug-likeness (QED) is 0.190. The molecule has 12 rings (SSSR count). The minimum Gasteiger partial charge on any atom is -0.343 e. The Morgan fingerprint density at radius 2 is 1.22 bits per heavy atom. The smallest absolute Gasteiger partial charge is 0.159 e. The van der Waals surface area contributed by atoms with Gasteiger partial charge in [0.15, 0.2) is 11.7 Å². The lowest BCUT2D eigenvalue weighted by atomic mass is 9.82. The molecule has 6 aromatic carbocycles. The molecular weight excluding hydrogens is 723 g/mol. The molecule has 2 aliphatic rings. The Morgan fingerprint density at radius 3 is 2.03 bits per heavy atom. The van der Waals surface area contributed by atoms with Gasteiger partial charge in [0.1, 0.15) is 17.7 Å². The van der Waals surface area contributed by atoms with Crippen LogP contribution >= 0.6 is 0 Å². The van der Waals surface area contributed by atoms with Gasteiger partial charge in [0.2, 0.25) is 0 Å². The van der Waals surface area contributed by atoms with Gasteiger partial charge in [-0.2, -0.15) is 0 Å². The zero-order valence-electron chi connectivity index (χ0n) is 32.5. The molecule has 5 heterocycles. The Labute approximate surface area is 340 Å². The van der Waals surface area contributed by atoms with E-state index in [9.17, 15) is 0 Å². The highest BCUT2D eigenvalue weighted by molar-refractivity contribution is 6.24. The molecule has 1 aliphatic heterocycles. The van der Waals surface area contributed by atoms with Gasteiger partial charge in [0.25, 0.3) is 0 Å². The van der Waals surface area contributed by atoms with Crippen molar-refractivity contribution < 1.29 is 0 Å². The Bertz CT molecular complexity index is 3380. The summed E-state index contributed by atoms with van der Waals surface area (Å²) in [6.45, 7) is 4.68. The molecule has 0 amide bonds. The fourth-order valence-electron chi connectivity index (χ4n) is 9.57. The predicted octanol–water partition coefficient (Wildman–Crippen LogP) is 11.5. The fraction of sp³-hybridized carbons (Fsp3) is 0.0769. The first-order valence-electron chi connectivity index (χ1n) is 20.1. The van der Waals surface area contributed by atoms with Crippen LogP contribution in [0.15, 0.2) is 186 Å². The molecular formula is C52H37N7. The summed E-state index contributed by atoms with van der Waals surface area (Å²) < 4.78 is 4.70. The first-order valence-corrected chi connectivity index (χ1v) is 20.1. The number of benzene rings is 6. The number of nitrogens with one attached hydrogen (secondary N) is 1. The van der Waals surface area contributed by atoms with Crippen molar-refractivity contribution in [2.45, 2.75) is 25.4 Å². The van der Waals surface area contributed by atoms with Crippen molar-refractivity contribution in [2.24, 2.45) is 9.98 Å². The van der Waals surface area contributed by atoms with E-state index in [1.165, 1.54) is 33.0 Å². The normalized spacial score (nSPS) is 15.6.